The topological polar surface area (TPSA) is 28.6 Å². The molecule has 5 rings (SSSR count). The molecule has 1 aromatic heterocycles. The predicted molar refractivity (Wildman–Crippen MR) is 129 cm³/mol. The highest BCUT2D eigenvalue weighted by atomic mass is 35.5. The Bertz CT molecular complexity index is 983. The first-order valence-corrected chi connectivity index (χ1v) is 11.9. The van der Waals surface area contributed by atoms with Crippen molar-refractivity contribution in [3.05, 3.63) is 95.3 Å². The van der Waals surface area contributed by atoms with Crippen LogP contribution in [-0.4, -0.2) is 54.1 Å². The minimum absolute atomic E-state index is 0.175. The molecule has 0 spiro atoms. The number of ether oxygens (including phenoxy) is 1. The van der Waals surface area contributed by atoms with Crippen molar-refractivity contribution in [2.75, 3.05) is 39.3 Å². The van der Waals surface area contributed by atoms with E-state index in [0.717, 1.165) is 61.7 Å². The Morgan fingerprint density at radius 3 is 2.47 bits per heavy atom. The van der Waals surface area contributed by atoms with E-state index in [9.17, 15) is 0 Å². The number of para-hydroxylation sites is 1. The van der Waals surface area contributed by atoms with Crippen LogP contribution in [0.5, 0.6) is 5.75 Å². The van der Waals surface area contributed by atoms with Gasteiger partial charge in [-0.1, -0.05) is 48.0 Å². The first-order valence-electron chi connectivity index (χ1n) is 11.6. The molecular weight excluding hydrogens is 418 g/mol. The van der Waals surface area contributed by atoms with Crippen LogP contribution in [0.25, 0.3) is 0 Å². The molecule has 2 fully saturated rings. The Balaban J connectivity index is 1.24. The molecule has 166 valence electrons. The van der Waals surface area contributed by atoms with Crippen molar-refractivity contribution >= 4 is 11.6 Å². The molecule has 2 unspecified atom stereocenters. The molecule has 32 heavy (non-hydrogen) atoms. The molecule has 2 aliphatic heterocycles. The van der Waals surface area contributed by atoms with Gasteiger partial charge in [0, 0.05) is 37.4 Å². The summed E-state index contributed by atoms with van der Waals surface area (Å²) in [4.78, 5) is 9.93. The second kappa shape index (κ2) is 10.0. The van der Waals surface area contributed by atoms with Crippen molar-refractivity contribution in [1.82, 2.24) is 14.8 Å². The lowest BCUT2D eigenvalue weighted by Crippen LogP contribution is -2.41. The summed E-state index contributed by atoms with van der Waals surface area (Å²) in [6.45, 7) is 6.26. The summed E-state index contributed by atoms with van der Waals surface area (Å²) in [5, 5.41) is 0.775. The van der Waals surface area contributed by atoms with E-state index in [1.54, 1.807) is 0 Å². The number of hydrogen-bond donors (Lipinski definition) is 0. The van der Waals surface area contributed by atoms with Crippen molar-refractivity contribution in [1.29, 1.82) is 0 Å². The van der Waals surface area contributed by atoms with Gasteiger partial charge in [0.2, 0.25) is 0 Å². The van der Waals surface area contributed by atoms with E-state index in [0.29, 0.717) is 5.92 Å². The summed E-state index contributed by atoms with van der Waals surface area (Å²) in [7, 11) is 0. The summed E-state index contributed by atoms with van der Waals surface area (Å²) in [5.41, 5.74) is 2.38. The van der Waals surface area contributed by atoms with Crippen LogP contribution < -0.4 is 4.74 Å². The molecule has 2 aromatic carbocycles. The van der Waals surface area contributed by atoms with Gasteiger partial charge in [-0.2, -0.15) is 0 Å². The van der Waals surface area contributed by atoms with Crippen LogP contribution in [0.15, 0.2) is 79.0 Å². The van der Waals surface area contributed by atoms with Gasteiger partial charge < -0.3 is 4.74 Å². The van der Waals surface area contributed by atoms with E-state index in [-0.39, 0.29) is 6.04 Å². The van der Waals surface area contributed by atoms with Crippen LogP contribution >= 0.6 is 11.6 Å². The summed E-state index contributed by atoms with van der Waals surface area (Å²) >= 11 is 6.17. The van der Waals surface area contributed by atoms with E-state index >= 15 is 0 Å². The van der Waals surface area contributed by atoms with Crippen molar-refractivity contribution in [3.63, 3.8) is 0 Å². The Hall–Kier alpha value is -2.40. The second-order valence-electron chi connectivity index (χ2n) is 8.93. The third-order valence-corrected chi connectivity index (χ3v) is 7.10. The zero-order chi connectivity index (χ0) is 21.8. The van der Waals surface area contributed by atoms with Crippen LogP contribution in [0.2, 0.25) is 5.02 Å². The molecule has 0 radical (unpaired) electrons. The third kappa shape index (κ3) is 4.98. The van der Waals surface area contributed by atoms with Crippen LogP contribution in [0, 0.1) is 11.8 Å². The van der Waals surface area contributed by atoms with Gasteiger partial charge >= 0.3 is 0 Å². The predicted octanol–water partition coefficient (Wildman–Crippen LogP) is 5.16. The van der Waals surface area contributed by atoms with Crippen molar-refractivity contribution in [2.45, 2.75) is 12.5 Å². The maximum atomic E-state index is 6.17. The number of aromatic nitrogens is 1. The fraction of sp³-hybridized carbons (Fsp3) is 0.370. The average molecular weight is 448 g/mol. The number of hydrogen-bond acceptors (Lipinski definition) is 4. The van der Waals surface area contributed by atoms with Crippen LogP contribution in [0.4, 0.5) is 0 Å². The highest BCUT2D eigenvalue weighted by Crippen LogP contribution is 2.38. The first kappa shape index (κ1) is 21.4. The molecule has 3 atom stereocenters. The zero-order valence-electron chi connectivity index (χ0n) is 18.3. The monoisotopic (exact) mass is 447 g/mol. The van der Waals surface area contributed by atoms with Gasteiger partial charge in [0.25, 0.3) is 0 Å². The van der Waals surface area contributed by atoms with Gasteiger partial charge in [-0.15, -0.1) is 0 Å². The summed E-state index contributed by atoms with van der Waals surface area (Å²) < 4.78 is 5.93. The Morgan fingerprint density at radius 2 is 1.69 bits per heavy atom. The fourth-order valence-electron chi connectivity index (χ4n) is 5.25. The smallest absolute Gasteiger partial charge is 0.119 e. The molecule has 0 N–H and O–H groups in total. The standard InChI is InChI=1S/C27H30ClN3O/c28-24-11-9-21(10-12-24)27(26-8-4-5-14-29-26)31-19-22-13-15-30(18-23(22)20-31)16-17-32-25-6-2-1-3-7-25/h1-12,14,22-23,27H,13,15-20H2/t22?,23-,27?/m1/s1. The number of nitrogens with zero attached hydrogens (tertiary/aromatic N) is 3. The maximum Gasteiger partial charge on any atom is 0.119 e. The maximum absolute atomic E-state index is 6.17. The average Bonchev–Trinajstić information content (AvgIpc) is 3.25. The molecule has 2 aliphatic rings. The second-order valence-corrected chi connectivity index (χ2v) is 9.37. The van der Waals surface area contributed by atoms with E-state index in [1.807, 2.05) is 54.7 Å². The molecule has 0 amide bonds. The van der Waals surface area contributed by atoms with Crippen molar-refractivity contribution in [3.8, 4) is 5.75 Å². The summed E-state index contributed by atoms with van der Waals surface area (Å²) in [5.74, 6) is 2.40. The van der Waals surface area contributed by atoms with E-state index in [1.165, 1.54) is 12.0 Å². The van der Waals surface area contributed by atoms with Gasteiger partial charge in [0.1, 0.15) is 12.4 Å². The van der Waals surface area contributed by atoms with E-state index in [2.05, 4.69) is 34.1 Å². The molecule has 0 aliphatic carbocycles. The van der Waals surface area contributed by atoms with Gasteiger partial charge in [-0.25, -0.2) is 0 Å². The van der Waals surface area contributed by atoms with Crippen molar-refractivity contribution < 1.29 is 4.74 Å². The molecule has 0 bridgehead atoms. The number of pyridine rings is 1. The minimum Gasteiger partial charge on any atom is -0.492 e. The molecule has 3 aromatic rings. The summed E-state index contributed by atoms with van der Waals surface area (Å²) in [6, 6.07) is 24.8. The number of halogens is 1. The Labute approximate surface area is 195 Å². The quantitative estimate of drug-likeness (QED) is 0.500. The minimum atomic E-state index is 0.175. The normalized spacial score (nSPS) is 22.4. The lowest BCUT2D eigenvalue weighted by molar-refractivity contribution is 0.127. The number of likely N-dealkylation sites (tertiary alicyclic amines) is 2. The molecule has 0 saturated carbocycles. The number of benzene rings is 2. The van der Waals surface area contributed by atoms with Crippen molar-refractivity contribution in [2.24, 2.45) is 11.8 Å². The lowest BCUT2D eigenvalue weighted by atomic mass is 9.89. The zero-order valence-corrected chi connectivity index (χ0v) is 19.1. The van der Waals surface area contributed by atoms with Crippen LogP contribution in [-0.2, 0) is 0 Å². The fourth-order valence-corrected chi connectivity index (χ4v) is 5.38. The largest absolute Gasteiger partial charge is 0.492 e. The molecule has 2 saturated heterocycles. The summed E-state index contributed by atoms with van der Waals surface area (Å²) in [6.07, 6.45) is 3.15. The Morgan fingerprint density at radius 1 is 0.906 bits per heavy atom. The first-order chi connectivity index (χ1) is 15.8. The molecular formula is C27H30ClN3O. The van der Waals surface area contributed by atoms with Gasteiger partial charge in [-0.05, 0) is 66.8 Å². The lowest BCUT2D eigenvalue weighted by Gasteiger charge is -2.34. The number of fused-ring (bicyclic) bond motifs is 1. The third-order valence-electron chi connectivity index (χ3n) is 6.85. The van der Waals surface area contributed by atoms with Gasteiger partial charge in [-0.3, -0.25) is 14.8 Å². The molecule has 5 heteroatoms. The van der Waals surface area contributed by atoms with Crippen LogP contribution in [0.1, 0.15) is 23.7 Å². The van der Waals surface area contributed by atoms with Crippen LogP contribution in [0.3, 0.4) is 0 Å². The number of rotatable bonds is 7. The van der Waals surface area contributed by atoms with Gasteiger partial charge in [0.15, 0.2) is 0 Å². The molecule has 3 heterocycles. The highest BCUT2D eigenvalue weighted by molar-refractivity contribution is 6.30. The van der Waals surface area contributed by atoms with E-state index < -0.39 is 0 Å². The molecule has 4 nitrogen and oxygen atoms in total. The SMILES string of the molecule is Clc1ccc(C(c2ccccn2)N2CC3CCN(CCOc4ccccc4)C[C@@H]3C2)cc1. The van der Waals surface area contributed by atoms with E-state index in [4.69, 9.17) is 21.3 Å². The Kier molecular flexibility index (Phi) is 6.72. The highest BCUT2D eigenvalue weighted by Gasteiger charge is 2.40. The van der Waals surface area contributed by atoms with Gasteiger partial charge in [0.05, 0.1) is 11.7 Å². The number of piperidine rings is 1.